The van der Waals surface area contributed by atoms with Crippen LogP contribution < -0.4 is 16.0 Å². The smallest absolute Gasteiger partial charge is 0.126 e. The van der Waals surface area contributed by atoms with Crippen LogP contribution >= 0.6 is 11.6 Å². The predicted molar refractivity (Wildman–Crippen MR) is 136 cm³/mol. The van der Waals surface area contributed by atoms with Crippen molar-refractivity contribution >= 4 is 35.1 Å². The van der Waals surface area contributed by atoms with Gasteiger partial charge in [-0.1, -0.05) is 23.7 Å². The number of carbonyl (C=O) groups excluding carboxylic acids is 1. The Bertz CT molecular complexity index is 843. The van der Waals surface area contributed by atoms with Crippen LogP contribution in [0.3, 0.4) is 0 Å². The van der Waals surface area contributed by atoms with Gasteiger partial charge in [-0.25, -0.2) is 4.98 Å². The van der Waals surface area contributed by atoms with Gasteiger partial charge in [0, 0.05) is 50.9 Å². The molecule has 0 amide bonds. The highest BCUT2D eigenvalue weighted by atomic mass is 35.5. The first kappa shape index (κ1) is 25.4. The second-order valence-electron chi connectivity index (χ2n) is 8.53. The zero-order valence-corrected chi connectivity index (χ0v) is 20.2. The summed E-state index contributed by atoms with van der Waals surface area (Å²) in [5.41, 5.74) is 1.84. The van der Waals surface area contributed by atoms with Crippen molar-refractivity contribution in [2.75, 3.05) is 45.2 Å². The Hall–Kier alpha value is -2.22. The molecule has 3 aliphatic rings. The van der Waals surface area contributed by atoms with Crippen molar-refractivity contribution in [1.82, 2.24) is 15.6 Å². The minimum Gasteiger partial charge on any atom is -0.381 e. The molecule has 0 bridgehead atoms. The summed E-state index contributed by atoms with van der Waals surface area (Å²) in [6.45, 7) is 4.69. The number of pyridine rings is 1. The number of nitrogens with one attached hydrogen (secondary N) is 3. The van der Waals surface area contributed by atoms with Crippen LogP contribution in [0.15, 0.2) is 40.5 Å². The minimum absolute atomic E-state index is 0.344. The van der Waals surface area contributed by atoms with E-state index in [0.717, 1.165) is 101 Å². The van der Waals surface area contributed by atoms with E-state index in [1.54, 1.807) is 13.2 Å². The molecule has 0 unspecified atom stereocenters. The van der Waals surface area contributed by atoms with Crippen molar-refractivity contribution in [2.24, 2.45) is 16.8 Å². The fourth-order valence-corrected chi connectivity index (χ4v) is 4.24. The van der Waals surface area contributed by atoms with Crippen molar-refractivity contribution < 1.29 is 9.53 Å². The van der Waals surface area contributed by atoms with Gasteiger partial charge in [0.05, 0.1) is 10.7 Å². The zero-order valence-electron chi connectivity index (χ0n) is 19.5. The summed E-state index contributed by atoms with van der Waals surface area (Å²) < 4.78 is 5.41. The number of nitrogens with zero attached hydrogens (tertiary/aromatic N) is 2. The molecule has 4 rings (SSSR count). The Morgan fingerprint density at radius 1 is 1.24 bits per heavy atom. The van der Waals surface area contributed by atoms with Gasteiger partial charge in [0.25, 0.3) is 0 Å². The number of aldehydes is 1. The molecule has 2 fully saturated rings. The maximum absolute atomic E-state index is 10.1. The molecule has 0 aromatic carbocycles. The first-order valence-corrected chi connectivity index (χ1v) is 12.3. The molecule has 0 radical (unpaired) electrons. The second kappa shape index (κ2) is 14.1. The quantitative estimate of drug-likeness (QED) is 0.560. The predicted octanol–water partition coefficient (Wildman–Crippen LogP) is 3.98. The van der Waals surface area contributed by atoms with Crippen molar-refractivity contribution in [3.8, 4) is 0 Å². The lowest BCUT2D eigenvalue weighted by Crippen LogP contribution is -2.28. The van der Waals surface area contributed by atoms with E-state index in [4.69, 9.17) is 21.3 Å². The molecular formula is C25H36ClN5O2. The van der Waals surface area contributed by atoms with Gasteiger partial charge in [0.2, 0.25) is 0 Å². The number of hydrogen-bond acceptors (Lipinski definition) is 6. The number of halogens is 1. The van der Waals surface area contributed by atoms with Gasteiger partial charge >= 0.3 is 0 Å². The van der Waals surface area contributed by atoms with Crippen molar-refractivity contribution in [1.29, 1.82) is 0 Å². The average Bonchev–Trinajstić information content (AvgIpc) is 2.87. The molecule has 2 saturated heterocycles. The van der Waals surface area contributed by atoms with Crippen molar-refractivity contribution in [3.63, 3.8) is 0 Å². The standard InChI is InChI=1S/C19H25ClN4O.C6H11NO/c1-21-18-6-2-4-15(16(20)13-23-18)17-5-3-7-19(24-17)22-12-14-8-10-25-11-9-14;8-5-6-1-3-7-4-2-6/h3-5,7,13-14H,2,6,8-12H2,1H3,(H,21,23)(H,22,24);5-7H,1-4H2/b15-4+,16-13+;. The van der Waals surface area contributed by atoms with E-state index in [2.05, 4.69) is 27.0 Å². The van der Waals surface area contributed by atoms with Gasteiger partial charge in [-0.3, -0.25) is 4.99 Å². The number of aliphatic imine (C=N–C) groups is 1. The van der Waals surface area contributed by atoms with E-state index in [1.807, 2.05) is 18.2 Å². The molecule has 180 valence electrons. The lowest BCUT2D eigenvalue weighted by atomic mass is 10.0. The maximum atomic E-state index is 10.1. The van der Waals surface area contributed by atoms with Crippen LogP contribution in [-0.4, -0.2) is 57.0 Å². The van der Waals surface area contributed by atoms with Gasteiger partial charge < -0.3 is 25.5 Å². The number of carbonyl (C=O) groups is 1. The van der Waals surface area contributed by atoms with Crippen LogP contribution in [-0.2, 0) is 9.53 Å². The monoisotopic (exact) mass is 473 g/mol. The highest BCUT2D eigenvalue weighted by Gasteiger charge is 2.15. The summed E-state index contributed by atoms with van der Waals surface area (Å²) in [5.74, 6) is 2.82. The normalized spacial score (nSPS) is 24.6. The van der Waals surface area contributed by atoms with Gasteiger partial charge in [-0.2, -0.15) is 0 Å². The van der Waals surface area contributed by atoms with E-state index >= 15 is 0 Å². The third kappa shape index (κ3) is 8.57. The fraction of sp³-hybridized carbons (Fsp3) is 0.560. The number of piperidine rings is 1. The second-order valence-corrected chi connectivity index (χ2v) is 8.94. The van der Waals surface area contributed by atoms with E-state index in [-0.39, 0.29) is 0 Å². The molecule has 33 heavy (non-hydrogen) atoms. The van der Waals surface area contributed by atoms with Crippen LogP contribution in [0.2, 0.25) is 0 Å². The summed E-state index contributed by atoms with van der Waals surface area (Å²) in [7, 11) is 1.78. The number of hydrogen-bond donors (Lipinski definition) is 3. The Morgan fingerprint density at radius 3 is 2.73 bits per heavy atom. The molecule has 0 saturated carbocycles. The Balaban J connectivity index is 0.000000323. The summed E-state index contributed by atoms with van der Waals surface area (Å²) in [6, 6.07) is 6.02. The Kier molecular flexibility index (Phi) is 10.9. The molecule has 3 N–H and O–H groups in total. The maximum Gasteiger partial charge on any atom is 0.126 e. The molecule has 0 aliphatic carbocycles. The van der Waals surface area contributed by atoms with E-state index < -0.39 is 0 Å². The third-order valence-electron chi connectivity index (χ3n) is 6.14. The first-order valence-electron chi connectivity index (χ1n) is 11.9. The minimum atomic E-state index is 0.344. The number of rotatable bonds is 5. The molecular weight excluding hydrogens is 438 g/mol. The van der Waals surface area contributed by atoms with Crippen LogP contribution in [0.5, 0.6) is 0 Å². The number of allylic oxidation sites excluding steroid dienone is 3. The highest BCUT2D eigenvalue weighted by molar-refractivity contribution is 6.37. The zero-order chi connectivity index (χ0) is 23.3. The van der Waals surface area contributed by atoms with Crippen LogP contribution in [0, 0.1) is 11.8 Å². The molecule has 0 spiro atoms. The van der Waals surface area contributed by atoms with Gasteiger partial charge in [0.15, 0.2) is 0 Å². The third-order valence-corrected chi connectivity index (χ3v) is 6.45. The number of amidine groups is 1. The number of aromatic nitrogens is 1. The molecule has 7 nitrogen and oxygen atoms in total. The summed E-state index contributed by atoms with van der Waals surface area (Å²) in [6.07, 6.45) is 11.0. The van der Waals surface area contributed by atoms with Gasteiger partial charge in [-0.05, 0) is 63.2 Å². The fourth-order valence-electron chi connectivity index (χ4n) is 4.01. The molecule has 1 aromatic heterocycles. The summed E-state index contributed by atoms with van der Waals surface area (Å²) in [5, 5.41) is 10.5. The summed E-state index contributed by atoms with van der Waals surface area (Å²) in [4.78, 5) is 19.1. The van der Waals surface area contributed by atoms with Crippen LogP contribution in [0.4, 0.5) is 5.82 Å². The van der Waals surface area contributed by atoms with Crippen LogP contribution in [0.25, 0.3) is 5.57 Å². The molecule has 3 aliphatic heterocycles. The van der Waals surface area contributed by atoms with Gasteiger partial charge in [-0.15, -0.1) is 0 Å². The number of ether oxygens (including phenoxy) is 1. The highest BCUT2D eigenvalue weighted by Crippen LogP contribution is 2.27. The Morgan fingerprint density at radius 2 is 2.03 bits per heavy atom. The average molecular weight is 474 g/mol. The lowest BCUT2D eigenvalue weighted by molar-refractivity contribution is -0.111. The number of anilines is 1. The van der Waals surface area contributed by atoms with E-state index in [0.29, 0.717) is 16.9 Å². The van der Waals surface area contributed by atoms with Gasteiger partial charge in [0.1, 0.15) is 17.9 Å². The molecule has 0 atom stereocenters. The topological polar surface area (TPSA) is 87.6 Å². The summed E-state index contributed by atoms with van der Waals surface area (Å²) >= 11 is 6.47. The van der Waals surface area contributed by atoms with E-state index in [1.165, 1.54) is 0 Å². The molecule has 1 aromatic rings. The van der Waals surface area contributed by atoms with Crippen molar-refractivity contribution in [3.05, 3.63) is 41.2 Å². The molecule has 4 heterocycles. The Labute approximate surface area is 202 Å². The van der Waals surface area contributed by atoms with Crippen molar-refractivity contribution in [2.45, 2.75) is 38.5 Å². The largest absolute Gasteiger partial charge is 0.381 e. The SMILES string of the molecule is CN=C1CC/C=C(c2cccc(NCC3CCOCC3)n2)\C(Cl)=C/N1.O=CC1CCNCC1. The van der Waals surface area contributed by atoms with E-state index in [9.17, 15) is 4.79 Å². The first-order chi connectivity index (χ1) is 16.2. The lowest BCUT2D eigenvalue weighted by Gasteiger charge is -2.22. The van der Waals surface area contributed by atoms with Crippen LogP contribution in [0.1, 0.15) is 44.2 Å². The molecule has 8 heteroatoms.